The summed E-state index contributed by atoms with van der Waals surface area (Å²) in [7, 11) is 0. The molecule has 0 atom stereocenters. The highest BCUT2D eigenvalue weighted by atomic mass is 19.1. The van der Waals surface area contributed by atoms with Crippen molar-refractivity contribution in [1.82, 2.24) is 34.7 Å². The van der Waals surface area contributed by atoms with E-state index in [0.717, 1.165) is 28.2 Å². The molecule has 0 aliphatic rings. The van der Waals surface area contributed by atoms with Crippen molar-refractivity contribution in [3.05, 3.63) is 96.0 Å². The van der Waals surface area contributed by atoms with Crippen molar-refractivity contribution in [3.8, 4) is 17.1 Å². The zero-order chi connectivity index (χ0) is 22.8. The summed E-state index contributed by atoms with van der Waals surface area (Å²) in [5.41, 5.74) is 4.66. The highest BCUT2D eigenvalue weighted by molar-refractivity contribution is 5.78. The number of carbonyl (C=O) groups is 1. The molecular formula is C24H20FN7O. The second kappa shape index (κ2) is 8.62. The summed E-state index contributed by atoms with van der Waals surface area (Å²) in [6.45, 7) is 2.23. The lowest BCUT2D eigenvalue weighted by molar-refractivity contribution is -0.120. The van der Waals surface area contributed by atoms with Crippen molar-refractivity contribution in [3.63, 3.8) is 0 Å². The molecule has 0 aliphatic carbocycles. The van der Waals surface area contributed by atoms with Crippen LogP contribution >= 0.6 is 0 Å². The minimum atomic E-state index is -0.308. The standard InChI is InChI=1S/C24H20FN7O/c1-16-3-2-4-23(29-16)32-21(18-7-10-22-27-15-28-31(22)14-18)11-20(30-32)12-24(33)26-13-17-5-8-19(25)9-6-17/h2-11,14-15H,12-13H2,1H3,(H,26,33). The van der Waals surface area contributed by atoms with E-state index in [1.54, 1.807) is 21.3 Å². The molecule has 0 saturated carbocycles. The van der Waals surface area contributed by atoms with Crippen LogP contribution in [0.5, 0.6) is 0 Å². The number of halogens is 1. The van der Waals surface area contributed by atoms with E-state index in [2.05, 4.69) is 25.5 Å². The van der Waals surface area contributed by atoms with Gasteiger partial charge in [0, 0.05) is 24.0 Å². The van der Waals surface area contributed by atoms with Gasteiger partial charge in [-0.05, 0) is 55.0 Å². The second-order valence-corrected chi connectivity index (χ2v) is 7.63. The van der Waals surface area contributed by atoms with Gasteiger partial charge in [0.15, 0.2) is 11.5 Å². The maximum Gasteiger partial charge on any atom is 0.226 e. The first kappa shape index (κ1) is 20.5. The lowest BCUT2D eigenvalue weighted by Gasteiger charge is -2.07. The summed E-state index contributed by atoms with van der Waals surface area (Å²) in [5.74, 6) is 0.165. The Morgan fingerprint density at radius 1 is 1.09 bits per heavy atom. The fourth-order valence-electron chi connectivity index (χ4n) is 3.54. The Bertz CT molecular complexity index is 1440. The first-order valence-electron chi connectivity index (χ1n) is 10.4. The van der Waals surface area contributed by atoms with Crippen molar-refractivity contribution in [2.45, 2.75) is 19.9 Å². The molecule has 0 spiro atoms. The lowest BCUT2D eigenvalue weighted by atomic mass is 10.1. The van der Waals surface area contributed by atoms with Gasteiger partial charge in [-0.15, -0.1) is 0 Å². The van der Waals surface area contributed by atoms with Gasteiger partial charge in [-0.2, -0.15) is 10.2 Å². The van der Waals surface area contributed by atoms with Gasteiger partial charge < -0.3 is 5.32 Å². The summed E-state index contributed by atoms with van der Waals surface area (Å²) in [5, 5.41) is 11.7. The number of hydrogen-bond donors (Lipinski definition) is 1. The molecule has 5 aromatic rings. The third-order valence-electron chi connectivity index (χ3n) is 5.17. The molecule has 0 fully saturated rings. The molecule has 1 aromatic carbocycles. The molecule has 33 heavy (non-hydrogen) atoms. The number of aromatic nitrogens is 6. The number of benzene rings is 1. The number of nitrogens with zero attached hydrogens (tertiary/aromatic N) is 6. The molecule has 0 aliphatic heterocycles. The third-order valence-corrected chi connectivity index (χ3v) is 5.17. The fraction of sp³-hybridized carbons (Fsp3) is 0.125. The van der Waals surface area contributed by atoms with E-state index in [1.807, 2.05) is 49.5 Å². The Kier molecular flexibility index (Phi) is 5.35. The highest BCUT2D eigenvalue weighted by Crippen LogP contribution is 2.24. The zero-order valence-electron chi connectivity index (χ0n) is 17.8. The third kappa shape index (κ3) is 4.47. The first-order valence-corrected chi connectivity index (χ1v) is 10.4. The molecular weight excluding hydrogens is 421 g/mol. The van der Waals surface area contributed by atoms with Crippen LogP contribution in [0, 0.1) is 12.7 Å². The Morgan fingerprint density at radius 3 is 2.76 bits per heavy atom. The lowest BCUT2D eigenvalue weighted by Crippen LogP contribution is -2.24. The van der Waals surface area contributed by atoms with E-state index in [9.17, 15) is 9.18 Å². The zero-order valence-corrected chi connectivity index (χ0v) is 17.8. The second-order valence-electron chi connectivity index (χ2n) is 7.63. The predicted octanol–water partition coefficient (Wildman–Crippen LogP) is 3.28. The van der Waals surface area contributed by atoms with Crippen LogP contribution in [0.3, 0.4) is 0 Å². The average molecular weight is 441 g/mol. The Balaban J connectivity index is 1.43. The number of aryl methyl sites for hydroxylation is 1. The molecule has 0 unspecified atom stereocenters. The smallest absolute Gasteiger partial charge is 0.226 e. The molecule has 0 bridgehead atoms. The van der Waals surface area contributed by atoms with E-state index < -0.39 is 0 Å². The van der Waals surface area contributed by atoms with E-state index in [0.29, 0.717) is 18.1 Å². The Labute approximate surface area is 188 Å². The predicted molar refractivity (Wildman–Crippen MR) is 120 cm³/mol. The Hall–Kier alpha value is -4.40. The maximum atomic E-state index is 13.1. The summed E-state index contributed by atoms with van der Waals surface area (Å²) in [6.07, 6.45) is 3.46. The van der Waals surface area contributed by atoms with Gasteiger partial charge in [-0.3, -0.25) is 4.79 Å². The number of hydrogen-bond acceptors (Lipinski definition) is 5. The van der Waals surface area contributed by atoms with Gasteiger partial charge in [0.05, 0.1) is 17.8 Å². The number of carbonyl (C=O) groups excluding carboxylic acids is 1. The van der Waals surface area contributed by atoms with E-state index in [4.69, 9.17) is 0 Å². The molecule has 164 valence electrons. The number of fused-ring (bicyclic) bond motifs is 1. The van der Waals surface area contributed by atoms with Crippen LogP contribution in [0.4, 0.5) is 4.39 Å². The van der Waals surface area contributed by atoms with Crippen molar-refractivity contribution < 1.29 is 9.18 Å². The number of rotatable bonds is 6. The van der Waals surface area contributed by atoms with Gasteiger partial charge in [0.2, 0.25) is 5.91 Å². The summed E-state index contributed by atoms with van der Waals surface area (Å²) in [6, 6.07) is 17.4. The number of pyridine rings is 2. The number of amides is 1. The quantitative estimate of drug-likeness (QED) is 0.437. The molecule has 0 radical (unpaired) electrons. The van der Waals surface area contributed by atoms with Crippen LogP contribution in [0.15, 0.2) is 73.2 Å². The monoisotopic (exact) mass is 441 g/mol. The Morgan fingerprint density at radius 2 is 1.94 bits per heavy atom. The van der Waals surface area contributed by atoms with Crippen LogP contribution in [-0.2, 0) is 17.8 Å². The topological polar surface area (TPSA) is 90.0 Å². The van der Waals surface area contributed by atoms with E-state index in [1.165, 1.54) is 18.5 Å². The van der Waals surface area contributed by atoms with Gasteiger partial charge in [-0.25, -0.2) is 23.6 Å². The van der Waals surface area contributed by atoms with Crippen LogP contribution in [0.25, 0.3) is 22.7 Å². The molecule has 0 saturated heterocycles. The van der Waals surface area contributed by atoms with Gasteiger partial charge in [0.1, 0.15) is 12.1 Å². The largest absolute Gasteiger partial charge is 0.352 e. The van der Waals surface area contributed by atoms with Crippen molar-refractivity contribution in [2.75, 3.05) is 0 Å². The van der Waals surface area contributed by atoms with Crippen LogP contribution in [0.2, 0.25) is 0 Å². The average Bonchev–Trinajstić information content (AvgIpc) is 3.45. The molecule has 1 amide bonds. The molecule has 4 aromatic heterocycles. The SMILES string of the molecule is Cc1cccc(-n2nc(CC(=O)NCc3ccc(F)cc3)cc2-c2ccc3ncnn3c2)n1. The van der Waals surface area contributed by atoms with Gasteiger partial charge >= 0.3 is 0 Å². The highest BCUT2D eigenvalue weighted by Gasteiger charge is 2.16. The molecule has 1 N–H and O–H groups in total. The molecule has 5 rings (SSSR count). The minimum Gasteiger partial charge on any atom is -0.352 e. The summed E-state index contributed by atoms with van der Waals surface area (Å²) in [4.78, 5) is 21.3. The fourth-order valence-corrected chi connectivity index (χ4v) is 3.54. The maximum absolute atomic E-state index is 13.1. The van der Waals surface area contributed by atoms with Crippen molar-refractivity contribution in [1.29, 1.82) is 0 Å². The van der Waals surface area contributed by atoms with Gasteiger partial charge in [-0.1, -0.05) is 18.2 Å². The first-order chi connectivity index (χ1) is 16.0. The van der Waals surface area contributed by atoms with E-state index in [-0.39, 0.29) is 18.1 Å². The van der Waals surface area contributed by atoms with Crippen LogP contribution < -0.4 is 5.32 Å². The summed E-state index contributed by atoms with van der Waals surface area (Å²) < 4.78 is 16.5. The van der Waals surface area contributed by atoms with Crippen LogP contribution in [0.1, 0.15) is 17.0 Å². The van der Waals surface area contributed by atoms with E-state index >= 15 is 0 Å². The van der Waals surface area contributed by atoms with Crippen LogP contribution in [-0.4, -0.2) is 35.3 Å². The minimum absolute atomic E-state index is 0.0958. The molecule has 9 heteroatoms. The molecule has 8 nitrogen and oxygen atoms in total. The number of nitrogens with one attached hydrogen (secondary N) is 1. The normalized spacial score (nSPS) is 11.1. The molecule has 4 heterocycles. The van der Waals surface area contributed by atoms with Crippen molar-refractivity contribution >= 4 is 11.6 Å². The van der Waals surface area contributed by atoms with Gasteiger partial charge in [0.25, 0.3) is 0 Å². The van der Waals surface area contributed by atoms with Crippen molar-refractivity contribution in [2.24, 2.45) is 0 Å². The summed E-state index contributed by atoms with van der Waals surface area (Å²) >= 11 is 0.